The van der Waals surface area contributed by atoms with Gasteiger partial charge in [0.25, 0.3) is 0 Å². The van der Waals surface area contributed by atoms with Gasteiger partial charge in [0.05, 0.1) is 0 Å². The van der Waals surface area contributed by atoms with Crippen LogP contribution in [0, 0.1) is 5.92 Å². The predicted octanol–water partition coefficient (Wildman–Crippen LogP) is 1.76. The Morgan fingerprint density at radius 3 is 2.42 bits per heavy atom. The molecule has 2 rings (SSSR count). The SMILES string of the molecule is CC(C)C[C@H](O)C(=O)N[C@@H](Cc1ccc2ccccc2c1)C(N)=O. The summed E-state index contributed by atoms with van der Waals surface area (Å²) in [6.45, 7) is 3.83. The van der Waals surface area contributed by atoms with Gasteiger partial charge in [0.15, 0.2) is 0 Å². The summed E-state index contributed by atoms with van der Waals surface area (Å²) < 4.78 is 0. The lowest BCUT2D eigenvalue weighted by Gasteiger charge is -2.19. The second-order valence-corrected chi connectivity index (χ2v) is 6.49. The van der Waals surface area contributed by atoms with E-state index in [1.165, 1.54) is 0 Å². The van der Waals surface area contributed by atoms with Gasteiger partial charge in [-0.25, -0.2) is 0 Å². The molecule has 0 aliphatic carbocycles. The molecule has 4 N–H and O–H groups in total. The average Bonchev–Trinajstić information content (AvgIpc) is 2.53. The van der Waals surface area contributed by atoms with Crippen LogP contribution in [0.1, 0.15) is 25.8 Å². The molecule has 0 saturated carbocycles. The molecule has 0 bridgehead atoms. The lowest BCUT2D eigenvalue weighted by Crippen LogP contribution is -2.49. The molecule has 5 heteroatoms. The summed E-state index contributed by atoms with van der Waals surface area (Å²) >= 11 is 0. The van der Waals surface area contributed by atoms with Gasteiger partial charge in [-0.3, -0.25) is 9.59 Å². The fourth-order valence-corrected chi connectivity index (χ4v) is 2.65. The topological polar surface area (TPSA) is 92.4 Å². The van der Waals surface area contributed by atoms with Crippen molar-refractivity contribution in [1.82, 2.24) is 5.32 Å². The van der Waals surface area contributed by atoms with E-state index in [1.54, 1.807) is 0 Å². The second kappa shape index (κ2) is 7.93. The summed E-state index contributed by atoms with van der Waals surface area (Å²) in [5.74, 6) is -1.00. The highest BCUT2D eigenvalue weighted by Gasteiger charge is 2.23. The number of hydrogen-bond donors (Lipinski definition) is 3. The minimum absolute atomic E-state index is 0.179. The minimum Gasteiger partial charge on any atom is -0.383 e. The summed E-state index contributed by atoms with van der Waals surface area (Å²) in [5.41, 5.74) is 6.31. The molecule has 2 atom stereocenters. The van der Waals surface area contributed by atoms with Crippen molar-refractivity contribution in [3.05, 3.63) is 48.0 Å². The third-order valence-electron chi connectivity index (χ3n) is 3.91. The fraction of sp³-hybridized carbons (Fsp3) is 0.368. The Bertz CT molecular complexity index is 727. The van der Waals surface area contributed by atoms with Gasteiger partial charge in [-0.1, -0.05) is 56.3 Å². The fourth-order valence-electron chi connectivity index (χ4n) is 2.65. The number of benzene rings is 2. The number of primary amides is 1. The molecular weight excluding hydrogens is 304 g/mol. The van der Waals surface area contributed by atoms with Crippen LogP contribution in [0.5, 0.6) is 0 Å². The first-order valence-electron chi connectivity index (χ1n) is 8.12. The standard InChI is InChI=1S/C19H24N2O3/c1-12(2)9-17(22)19(24)21-16(18(20)23)11-13-7-8-14-5-3-4-6-15(14)10-13/h3-8,10,12,16-17,22H,9,11H2,1-2H3,(H2,20,23)(H,21,24)/t16-,17-/m0/s1. The Morgan fingerprint density at radius 1 is 1.12 bits per heavy atom. The molecule has 2 aromatic rings. The molecule has 128 valence electrons. The van der Waals surface area contributed by atoms with Crippen LogP contribution in [0.3, 0.4) is 0 Å². The Labute approximate surface area is 141 Å². The minimum atomic E-state index is -1.14. The molecular formula is C19H24N2O3. The maximum atomic E-state index is 12.0. The molecule has 2 amide bonds. The lowest BCUT2D eigenvalue weighted by atomic mass is 10.0. The van der Waals surface area contributed by atoms with Crippen molar-refractivity contribution in [1.29, 1.82) is 0 Å². The molecule has 0 unspecified atom stereocenters. The Kier molecular flexibility index (Phi) is 5.93. The highest BCUT2D eigenvalue weighted by molar-refractivity contribution is 5.89. The highest BCUT2D eigenvalue weighted by Crippen LogP contribution is 2.17. The van der Waals surface area contributed by atoms with Gasteiger partial charge in [0, 0.05) is 6.42 Å². The van der Waals surface area contributed by atoms with Crippen LogP contribution in [-0.4, -0.2) is 29.1 Å². The molecule has 0 aromatic heterocycles. The van der Waals surface area contributed by atoms with Gasteiger partial charge < -0.3 is 16.2 Å². The number of aliphatic hydroxyl groups is 1. The lowest BCUT2D eigenvalue weighted by molar-refractivity contribution is -0.133. The number of nitrogens with two attached hydrogens (primary N) is 1. The van der Waals surface area contributed by atoms with Gasteiger partial charge >= 0.3 is 0 Å². The number of aliphatic hydroxyl groups excluding tert-OH is 1. The van der Waals surface area contributed by atoms with Crippen molar-refractivity contribution in [2.45, 2.75) is 38.8 Å². The Hall–Kier alpha value is -2.40. The van der Waals surface area contributed by atoms with Crippen LogP contribution in [0.2, 0.25) is 0 Å². The molecule has 0 fully saturated rings. The summed E-state index contributed by atoms with van der Waals surface area (Å²) in [6.07, 6.45) is -0.503. The normalized spacial score (nSPS) is 13.7. The zero-order valence-electron chi connectivity index (χ0n) is 14.0. The number of rotatable bonds is 7. The van der Waals surface area contributed by atoms with E-state index in [1.807, 2.05) is 56.3 Å². The first-order chi connectivity index (χ1) is 11.4. The predicted molar refractivity (Wildman–Crippen MR) is 94.2 cm³/mol. The summed E-state index contributed by atoms with van der Waals surface area (Å²) in [6, 6.07) is 12.9. The number of fused-ring (bicyclic) bond motifs is 1. The van der Waals surface area contributed by atoms with Gasteiger partial charge in [-0.15, -0.1) is 0 Å². The maximum Gasteiger partial charge on any atom is 0.249 e. The van der Waals surface area contributed by atoms with Gasteiger partial charge in [0.1, 0.15) is 12.1 Å². The zero-order valence-corrected chi connectivity index (χ0v) is 14.0. The van der Waals surface area contributed by atoms with Crippen LogP contribution in [0.25, 0.3) is 10.8 Å². The number of hydrogen-bond acceptors (Lipinski definition) is 3. The van der Waals surface area contributed by atoms with Crippen LogP contribution >= 0.6 is 0 Å². The first-order valence-corrected chi connectivity index (χ1v) is 8.12. The van der Waals surface area contributed by atoms with Gasteiger partial charge in [-0.2, -0.15) is 0 Å². The van der Waals surface area contributed by atoms with Gasteiger partial charge in [0.2, 0.25) is 11.8 Å². The molecule has 2 aromatic carbocycles. The van der Waals surface area contributed by atoms with Crippen molar-refractivity contribution in [2.75, 3.05) is 0 Å². The molecule has 0 aliphatic heterocycles. The first kappa shape index (κ1) is 17.9. The van der Waals surface area contributed by atoms with E-state index >= 15 is 0 Å². The number of nitrogens with one attached hydrogen (secondary N) is 1. The van der Waals surface area contributed by atoms with E-state index < -0.39 is 24.0 Å². The summed E-state index contributed by atoms with van der Waals surface area (Å²) in [4.78, 5) is 23.7. The van der Waals surface area contributed by atoms with E-state index in [9.17, 15) is 14.7 Å². The van der Waals surface area contributed by atoms with E-state index in [4.69, 9.17) is 5.73 Å². The Morgan fingerprint density at radius 2 is 1.79 bits per heavy atom. The van der Waals surface area contributed by atoms with Crippen molar-refractivity contribution in [2.24, 2.45) is 11.7 Å². The van der Waals surface area contributed by atoms with Crippen molar-refractivity contribution >= 4 is 22.6 Å². The molecule has 24 heavy (non-hydrogen) atoms. The smallest absolute Gasteiger partial charge is 0.249 e. The van der Waals surface area contributed by atoms with Crippen molar-refractivity contribution < 1.29 is 14.7 Å². The van der Waals surface area contributed by atoms with Crippen LogP contribution in [0.4, 0.5) is 0 Å². The van der Waals surface area contributed by atoms with Crippen LogP contribution < -0.4 is 11.1 Å². The molecule has 0 aliphatic rings. The monoisotopic (exact) mass is 328 g/mol. The third kappa shape index (κ3) is 4.80. The van der Waals surface area contributed by atoms with Crippen LogP contribution in [0.15, 0.2) is 42.5 Å². The largest absolute Gasteiger partial charge is 0.383 e. The van der Waals surface area contributed by atoms with E-state index in [-0.39, 0.29) is 5.92 Å². The average molecular weight is 328 g/mol. The quantitative estimate of drug-likeness (QED) is 0.723. The number of amides is 2. The van der Waals surface area contributed by atoms with E-state index in [2.05, 4.69) is 5.32 Å². The zero-order chi connectivity index (χ0) is 17.7. The summed E-state index contributed by atoms with van der Waals surface area (Å²) in [5, 5.41) is 14.6. The van der Waals surface area contributed by atoms with Crippen LogP contribution in [-0.2, 0) is 16.0 Å². The number of carbonyl (C=O) groups is 2. The highest BCUT2D eigenvalue weighted by atomic mass is 16.3. The van der Waals surface area contributed by atoms with Gasteiger partial charge in [-0.05, 0) is 28.7 Å². The second-order valence-electron chi connectivity index (χ2n) is 6.49. The van der Waals surface area contributed by atoms with Crippen molar-refractivity contribution in [3.8, 4) is 0 Å². The Balaban J connectivity index is 2.09. The molecule has 0 radical (unpaired) electrons. The molecule has 0 saturated heterocycles. The number of carbonyl (C=O) groups excluding carboxylic acids is 2. The third-order valence-corrected chi connectivity index (χ3v) is 3.91. The summed E-state index contributed by atoms with van der Waals surface area (Å²) in [7, 11) is 0. The molecule has 5 nitrogen and oxygen atoms in total. The van der Waals surface area contributed by atoms with E-state index in [0.717, 1.165) is 16.3 Å². The maximum absolute atomic E-state index is 12.0. The van der Waals surface area contributed by atoms with Crippen molar-refractivity contribution in [3.63, 3.8) is 0 Å². The molecule has 0 spiro atoms. The molecule has 0 heterocycles. The van der Waals surface area contributed by atoms with E-state index in [0.29, 0.717) is 12.8 Å².